The highest BCUT2D eigenvalue weighted by molar-refractivity contribution is 5.96. The van der Waals surface area contributed by atoms with Gasteiger partial charge in [0, 0.05) is 25.7 Å². The molecule has 0 aromatic heterocycles. The third-order valence-corrected chi connectivity index (χ3v) is 6.05. The number of nitrogens with zero attached hydrogens (tertiary/aromatic N) is 3. The van der Waals surface area contributed by atoms with Gasteiger partial charge in [0.25, 0.3) is 0 Å². The van der Waals surface area contributed by atoms with Crippen LogP contribution in [0.15, 0.2) is 0 Å². The van der Waals surface area contributed by atoms with Gasteiger partial charge in [0.2, 0.25) is 0 Å². The Morgan fingerprint density at radius 1 is 1.22 bits per heavy atom. The average Bonchev–Trinajstić information content (AvgIpc) is 2.74. The van der Waals surface area contributed by atoms with Crippen molar-refractivity contribution in [1.82, 2.24) is 9.80 Å². The maximum Gasteiger partial charge on any atom is 0.410 e. The molecule has 3 fully saturated rings. The largest absolute Gasteiger partial charge is 0.618 e. The number of ether oxygens (including phenoxy) is 1. The van der Waals surface area contributed by atoms with Crippen LogP contribution in [0, 0.1) is 10.6 Å². The first-order chi connectivity index (χ1) is 12.4. The minimum absolute atomic E-state index is 0.0546. The normalized spacial score (nSPS) is 33.7. The van der Waals surface area contributed by atoms with E-state index in [1.54, 1.807) is 4.90 Å². The van der Waals surface area contributed by atoms with Crippen LogP contribution >= 0.6 is 0 Å². The lowest BCUT2D eigenvalue weighted by atomic mass is 9.77. The minimum atomic E-state index is -1.37. The quantitative estimate of drug-likeness (QED) is 0.391. The van der Waals surface area contributed by atoms with E-state index >= 15 is 0 Å². The molecule has 3 heterocycles. The van der Waals surface area contributed by atoms with Gasteiger partial charge in [0.15, 0.2) is 0 Å². The molecule has 3 saturated heterocycles. The lowest BCUT2D eigenvalue weighted by molar-refractivity contribution is -0.698. The van der Waals surface area contributed by atoms with Crippen LogP contribution in [0.1, 0.15) is 52.9 Å². The van der Waals surface area contributed by atoms with Crippen molar-refractivity contribution in [1.29, 1.82) is 0 Å². The van der Waals surface area contributed by atoms with Crippen molar-refractivity contribution in [3.63, 3.8) is 0 Å². The van der Waals surface area contributed by atoms with E-state index in [-0.39, 0.29) is 18.6 Å². The lowest BCUT2D eigenvalue weighted by Gasteiger charge is -2.44. The zero-order valence-corrected chi connectivity index (χ0v) is 16.8. The van der Waals surface area contributed by atoms with E-state index in [0.717, 1.165) is 32.9 Å². The fraction of sp³-hybridized carbons (Fsp3) is 0.842. The van der Waals surface area contributed by atoms with Gasteiger partial charge < -0.3 is 14.8 Å². The molecule has 0 aliphatic carbocycles. The molecular weight excluding hydrogens is 350 g/mol. The fourth-order valence-corrected chi connectivity index (χ4v) is 4.62. The van der Waals surface area contributed by atoms with Gasteiger partial charge >= 0.3 is 17.9 Å². The number of hydrogen-bond donors (Lipinski definition) is 0. The molecular formula is C19H31N3O5. The summed E-state index contributed by atoms with van der Waals surface area (Å²) in [5.41, 5.74) is -1.33. The number of amides is 3. The fourth-order valence-electron chi connectivity index (χ4n) is 4.62. The number of carbonyl (C=O) groups is 3. The van der Waals surface area contributed by atoms with Crippen LogP contribution in [0.3, 0.4) is 0 Å². The molecule has 3 aliphatic rings. The molecule has 2 atom stereocenters. The number of quaternary nitrogens is 1. The smallest absolute Gasteiger partial charge is 0.410 e. The molecule has 27 heavy (non-hydrogen) atoms. The van der Waals surface area contributed by atoms with Crippen molar-refractivity contribution in [2.24, 2.45) is 5.41 Å². The Morgan fingerprint density at radius 3 is 2.37 bits per heavy atom. The van der Waals surface area contributed by atoms with Crippen LogP contribution in [-0.4, -0.2) is 77.2 Å². The van der Waals surface area contributed by atoms with Gasteiger partial charge in [-0.15, -0.1) is 0 Å². The summed E-state index contributed by atoms with van der Waals surface area (Å²) in [5.74, 6) is -1.01. The third kappa shape index (κ3) is 3.88. The maximum absolute atomic E-state index is 12.7. The first-order valence-corrected chi connectivity index (χ1v) is 9.83. The van der Waals surface area contributed by atoms with E-state index in [1.165, 1.54) is 0 Å². The second kappa shape index (κ2) is 6.83. The topological polar surface area (TPSA) is 90.0 Å². The summed E-state index contributed by atoms with van der Waals surface area (Å²) >= 11 is 0. The van der Waals surface area contributed by atoms with Gasteiger partial charge in [-0.2, -0.15) is 0 Å². The second-order valence-electron chi connectivity index (χ2n) is 9.35. The first kappa shape index (κ1) is 20.2. The van der Waals surface area contributed by atoms with Crippen molar-refractivity contribution >= 4 is 17.9 Å². The van der Waals surface area contributed by atoms with Gasteiger partial charge in [-0.3, -0.25) is 4.90 Å². The Hall–Kier alpha value is -1.51. The first-order valence-electron chi connectivity index (χ1n) is 9.83. The third-order valence-electron chi connectivity index (χ3n) is 6.05. The lowest BCUT2D eigenvalue weighted by Crippen LogP contribution is -2.55. The second-order valence-corrected chi connectivity index (χ2v) is 9.35. The Bertz CT molecular complexity index is 634. The average molecular weight is 381 g/mol. The van der Waals surface area contributed by atoms with Gasteiger partial charge in [0.05, 0.1) is 13.5 Å². The molecule has 0 saturated carbocycles. The predicted molar refractivity (Wildman–Crippen MR) is 98.3 cm³/mol. The molecule has 0 radical (unpaired) electrons. The van der Waals surface area contributed by atoms with Crippen molar-refractivity contribution in [3.05, 3.63) is 5.21 Å². The van der Waals surface area contributed by atoms with E-state index in [0.29, 0.717) is 26.1 Å². The monoisotopic (exact) mass is 381 g/mol. The number of piperidine rings is 2. The van der Waals surface area contributed by atoms with Gasteiger partial charge in [-0.1, -0.05) is 0 Å². The van der Waals surface area contributed by atoms with Crippen LogP contribution in [0.25, 0.3) is 0 Å². The molecule has 0 bridgehead atoms. The molecule has 8 nitrogen and oxygen atoms in total. The number of carbonyl (C=O) groups excluding carboxylic acids is 3. The molecule has 3 rings (SSSR count). The van der Waals surface area contributed by atoms with Crippen molar-refractivity contribution < 1.29 is 23.8 Å². The Kier molecular flexibility index (Phi) is 5.12. The Morgan fingerprint density at radius 2 is 1.85 bits per heavy atom. The van der Waals surface area contributed by atoms with E-state index in [4.69, 9.17) is 4.74 Å². The summed E-state index contributed by atoms with van der Waals surface area (Å²) in [4.78, 5) is 40.9. The summed E-state index contributed by atoms with van der Waals surface area (Å²) in [5, 5.41) is 12.3. The number of imide groups is 1. The van der Waals surface area contributed by atoms with Crippen LogP contribution in [-0.2, 0) is 14.3 Å². The summed E-state index contributed by atoms with van der Waals surface area (Å²) in [7, 11) is 1.16. The molecule has 0 aromatic rings. The maximum atomic E-state index is 12.7. The van der Waals surface area contributed by atoms with Crippen molar-refractivity contribution in [3.8, 4) is 0 Å². The number of hydrogen-bond acceptors (Lipinski definition) is 6. The standard InChI is InChI=1S/C19H31N3O5/c1-18(2,3)27-17(25)20-10-6-14(7-11-20)21-9-5-8-19(13-21)12-15(23)22(4,26)16(19)24/h14H,5-13H2,1-4H3. The predicted octanol–water partition coefficient (Wildman–Crippen LogP) is 1.87. The Balaban J connectivity index is 1.60. The molecule has 0 N–H and O–H groups in total. The van der Waals surface area contributed by atoms with Gasteiger partial charge in [-0.05, 0) is 53.0 Å². The SMILES string of the molecule is CC(C)(C)OC(=O)N1CCC(N2CCCC3(CC(=O)[N+](C)([O-])C3=O)C2)CC1. The summed E-state index contributed by atoms with van der Waals surface area (Å²) in [6, 6.07) is 0.259. The molecule has 1 spiro atoms. The number of hydroxylamine groups is 3. The number of likely N-dealkylation sites (tertiary alicyclic amines) is 3. The summed E-state index contributed by atoms with van der Waals surface area (Å²) < 4.78 is 4.07. The molecule has 3 aliphatic heterocycles. The van der Waals surface area contributed by atoms with E-state index in [9.17, 15) is 19.6 Å². The van der Waals surface area contributed by atoms with Crippen LogP contribution in [0.5, 0.6) is 0 Å². The van der Waals surface area contributed by atoms with Crippen molar-refractivity contribution in [2.75, 3.05) is 33.2 Å². The number of rotatable bonds is 1. The summed E-state index contributed by atoms with van der Waals surface area (Å²) in [6.45, 7) is 8.14. The Labute approximate surface area is 160 Å². The highest BCUT2D eigenvalue weighted by atomic mass is 16.6. The van der Waals surface area contributed by atoms with E-state index in [1.807, 2.05) is 20.8 Å². The van der Waals surface area contributed by atoms with Crippen LogP contribution in [0.2, 0.25) is 0 Å². The molecule has 2 unspecified atom stereocenters. The van der Waals surface area contributed by atoms with E-state index < -0.39 is 27.5 Å². The van der Waals surface area contributed by atoms with E-state index in [2.05, 4.69) is 4.90 Å². The minimum Gasteiger partial charge on any atom is -0.618 e. The van der Waals surface area contributed by atoms with Crippen LogP contribution < -0.4 is 0 Å². The van der Waals surface area contributed by atoms with Gasteiger partial charge in [-0.25, -0.2) is 19.0 Å². The van der Waals surface area contributed by atoms with Crippen LogP contribution in [0.4, 0.5) is 4.79 Å². The summed E-state index contributed by atoms with van der Waals surface area (Å²) in [6.07, 6.45) is 2.81. The highest BCUT2D eigenvalue weighted by Gasteiger charge is 2.60. The van der Waals surface area contributed by atoms with Crippen molar-refractivity contribution in [2.45, 2.75) is 64.5 Å². The molecule has 152 valence electrons. The molecule has 3 amide bonds. The highest BCUT2D eigenvalue weighted by Crippen LogP contribution is 2.44. The molecule has 8 heteroatoms. The van der Waals surface area contributed by atoms with Gasteiger partial charge in [0.1, 0.15) is 11.0 Å². The molecule has 0 aromatic carbocycles. The zero-order chi connectivity index (χ0) is 20.0. The zero-order valence-electron chi connectivity index (χ0n) is 16.8.